The van der Waals surface area contributed by atoms with Crippen molar-refractivity contribution >= 4 is 15.9 Å². The van der Waals surface area contributed by atoms with Crippen molar-refractivity contribution in [3.63, 3.8) is 0 Å². The minimum Gasteiger partial charge on any atom is -0.438 e. The SMILES string of the molecule is CN(C)CCNC(=O)c1ccc(S(=O)(=O)N2CCOCC2)o1. The second-order valence-corrected chi connectivity index (χ2v) is 7.06. The molecule has 124 valence electrons. The van der Waals surface area contributed by atoms with Gasteiger partial charge in [-0.2, -0.15) is 4.31 Å². The van der Waals surface area contributed by atoms with E-state index in [9.17, 15) is 13.2 Å². The summed E-state index contributed by atoms with van der Waals surface area (Å²) in [6, 6.07) is 2.68. The molecule has 2 heterocycles. The first-order valence-corrected chi connectivity index (χ1v) is 8.46. The van der Waals surface area contributed by atoms with Gasteiger partial charge >= 0.3 is 0 Å². The number of amides is 1. The van der Waals surface area contributed by atoms with Crippen LogP contribution in [0.5, 0.6) is 0 Å². The quantitative estimate of drug-likeness (QED) is 0.762. The number of rotatable bonds is 6. The van der Waals surface area contributed by atoms with Gasteiger partial charge in [-0.25, -0.2) is 8.42 Å². The lowest BCUT2D eigenvalue weighted by molar-refractivity contribution is 0.0722. The fraction of sp³-hybridized carbons (Fsp3) is 0.615. The maximum atomic E-state index is 12.4. The minimum atomic E-state index is -3.71. The zero-order valence-corrected chi connectivity index (χ0v) is 13.6. The summed E-state index contributed by atoms with van der Waals surface area (Å²) in [6.07, 6.45) is 0. The molecular formula is C13H21N3O5S. The Labute approximate surface area is 130 Å². The van der Waals surface area contributed by atoms with Crippen molar-refractivity contribution in [2.24, 2.45) is 0 Å². The maximum absolute atomic E-state index is 12.4. The molecule has 22 heavy (non-hydrogen) atoms. The summed E-state index contributed by atoms with van der Waals surface area (Å²) in [4.78, 5) is 13.8. The summed E-state index contributed by atoms with van der Waals surface area (Å²) in [6.45, 7) is 2.43. The molecule has 0 aromatic carbocycles. The highest BCUT2D eigenvalue weighted by Gasteiger charge is 2.29. The predicted molar refractivity (Wildman–Crippen MR) is 79.2 cm³/mol. The number of morpholine rings is 1. The number of nitrogens with one attached hydrogen (secondary N) is 1. The van der Waals surface area contributed by atoms with Crippen LogP contribution < -0.4 is 5.32 Å². The molecule has 1 aliphatic rings. The Morgan fingerprint density at radius 2 is 2.00 bits per heavy atom. The number of ether oxygens (including phenoxy) is 1. The third-order valence-electron chi connectivity index (χ3n) is 3.21. The second kappa shape index (κ2) is 7.23. The predicted octanol–water partition coefficient (Wildman–Crippen LogP) is -0.408. The smallest absolute Gasteiger partial charge is 0.287 e. The Hall–Kier alpha value is -1.42. The van der Waals surface area contributed by atoms with Gasteiger partial charge in [-0.3, -0.25) is 4.79 Å². The molecule has 8 nitrogen and oxygen atoms in total. The van der Waals surface area contributed by atoms with E-state index in [2.05, 4.69) is 5.32 Å². The molecular weight excluding hydrogens is 310 g/mol. The Balaban J connectivity index is 2.02. The third kappa shape index (κ3) is 4.07. The molecule has 0 atom stereocenters. The van der Waals surface area contributed by atoms with Gasteiger partial charge in [0.05, 0.1) is 13.2 Å². The number of carbonyl (C=O) groups excluding carboxylic acids is 1. The highest BCUT2D eigenvalue weighted by atomic mass is 32.2. The molecule has 0 saturated carbocycles. The summed E-state index contributed by atoms with van der Waals surface area (Å²) in [5, 5.41) is 2.46. The van der Waals surface area contributed by atoms with Crippen LogP contribution in [0.25, 0.3) is 0 Å². The summed E-state index contributed by atoms with van der Waals surface area (Å²) in [5.74, 6) is -0.434. The number of furan rings is 1. The standard InChI is InChI=1S/C13H21N3O5S/c1-15(2)6-5-14-13(17)11-3-4-12(21-11)22(18,19)16-7-9-20-10-8-16/h3-4H,5-10H2,1-2H3,(H,14,17). The number of hydrogen-bond donors (Lipinski definition) is 1. The minimum absolute atomic E-state index is 0.00871. The first kappa shape index (κ1) is 16.9. The molecule has 0 aliphatic carbocycles. The maximum Gasteiger partial charge on any atom is 0.287 e. The second-order valence-electron chi connectivity index (χ2n) is 5.19. The highest BCUT2D eigenvalue weighted by molar-refractivity contribution is 7.89. The molecule has 0 unspecified atom stereocenters. The van der Waals surface area contributed by atoms with E-state index < -0.39 is 15.9 Å². The van der Waals surface area contributed by atoms with E-state index in [1.807, 2.05) is 19.0 Å². The largest absolute Gasteiger partial charge is 0.438 e. The van der Waals surface area contributed by atoms with Gasteiger partial charge in [0.1, 0.15) is 0 Å². The van der Waals surface area contributed by atoms with Gasteiger partial charge in [-0.1, -0.05) is 0 Å². The molecule has 1 aliphatic heterocycles. The van der Waals surface area contributed by atoms with Gasteiger partial charge in [0.25, 0.3) is 15.9 Å². The average molecular weight is 331 g/mol. The van der Waals surface area contributed by atoms with Crippen molar-refractivity contribution in [1.29, 1.82) is 0 Å². The summed E-state index contributed by atoms with van der Waals surface area (Å²) in [5.41, 5.74) is 0. The Morgan fingerprint density at radius 3 is 2.64 bits per heavy atom. The Bertz CT molecular complexity index is 605. The van der Waals surface area contributed by atoms with Crippen LogP contribution >= 0.6 is 0 Å². The van der Waals surface area contributed by atoms with Gasteiger partial charge in [-0.15, -0.1) is 0 Å². The van der Waals surface area contributed by atoms with E-state index in [0.717, 1.165) is 0 Å². The van der Waals surface area contributed by atoms with Crippen molar-refractivity contribution in [2.75, 3.05) is 53.5 Å². The fourth-order valence-corrected chi connectivity index (χ4v) is 3.29. The zero-order valence-electron chi connectivity index (χ0n) is 12.7. The van der Waals surface area contributed by atoms with Gasteiger partial charge in [0.15, 0.2) is 5.76 Å². The van der Waals surface area contributed by atoms with Crippen LogP contribution in [0.4, 0.5) is 0 Å². The average Bonchev–Trinajstić information content (AvgIpc) is 2.98. The molecule has 1 aromatic heterocycles. The normalized spacial score (nSPS) is 16.9. The van der Waals surface area contributed by atoms with E-state index >= 15 is 0 Å². The van der Waals surface area contributed by atoms with Crippen molar-refractivity contribution < 1.29 is 22.4 Å². The van der Waals surface area contributed by atoms with Crippen LogP contribution in [0, 0.1) is 0 Å². The molecule has 0 bridgehead atoms. The molecule has 1 fully saturated rings. The highest BCUT2D eigenvalue weighted by Crippen LogP contribution is 2.19. The number of likely N-dealkylation sites (N-methyl/N-ethyl adjacent to an activating group) is 1. The van der Waals surface area contributed by atoms with E-state index in [1.54, 1.807) is 0 Å². The summed E-state index contributed by atoms with van der Waals surface area (Å²) in [7, 11) is 0.0796. The number of sulfonamides is 1. The van der Waals surface area contributed by atoms with E-state index in [1.165, 1.54) is 16.4 Å². The Morgan fingerprint density at radius 1 is 1.32 bits per heavy atom. The first-order chi connectivity index (χ1) is 10.4. The van der Waals surface area contributed by atoms with Crippen LogP contribution in [-0.2, 0) is 14.8 Å². The van der Waals surface area contributed by atoms with Crippen molar-refractivity contribution in [3.05, 3.63) is 17.9 Å². The lowest BCUT2D eigenvalue weighted by atomic mass is 10.4. The van der Waals surface area contributed by atoms with Crippen molar-refractivity contribution in [2.45, 2.75) is 5.09 Å². The van der Waals surface area contributed by atoms with Gasteiger partial charge in [-0.05, 0) is 26.2 Å². The number of hydrogen-bond acceptors (Lipinski definition) is 6. The fourth-order valence-electron chi connectivity index (χ4n) is 1.98. The molecule has 1 N–H and O–H groups in total. The molecule has 1 saturated heterocycles. The molecule has 1 aromatic rings. The number of nitrogens with zero attached hydrogens (tertiary/aromatic N) is 2. The van der Waals surface area contributed by atoms with E-state index in [-0.39, 0.29) is 23.9 Å². The first-order valence-electron chi connectivity index (χ1n) is 7.02. The third-order valence-corrected chi connectivity index (χ3v) is 4.99. The van der Waals surface area contributed by atoms with Crippen molar-refractivity contribution in [1.82, 2.24) is 14.5 Å². The van der Waals surface area contributed by atoms with Crippen LogP contribution in [0.3, 0.4) is 0 Å². The van der Waals surface area contributed by atoms with Gasteiger partial charge < -0.3 is 19.4 Å². The van der Waals surface area contributed by atoms with Crippen LogP contribution in [-0.4, -0.2) is 77.0 Å². The lowest BCUT2D eigenvalue weighted by Crippen LogP contribution is -2.40. The van der Waals surface area contributed by atoms with E-state index in [0.29, 0.717) is 26.3 Å². The van der Waals surface area contributed by atoms with Crippen molar-refractivity contribution in [3.8, 4) is 0 Å². The molecule has 0 spiro atoms. The van der Waals surface area contributed by atoms with E-state index in [4.69, 9.17) is 9.15 Å². The summed E-state index contributed by atoms with van der Waals surface area (Å²) < 4.78 is 36.4. The van der Waals surface area contributed by atoms with Gasteiger partial charge in [0.2, 0.25) is 5.09 Å². The topological polar surface area (TPSA) is 92.1 Å². The number of carbonyl (C=O) groups is 1. The van der Waals surface area contributed by atoms with Crippen LogP contribution in [0.1, 0.15) is 10.6 Å². The van der Waals surface area contributed by atoms with Crippen LogP contribution in [0.15, 0.2) is 21.6 Å². The van der Waals surface area contributed by atoms with Crippen LogP contribution in [0.2, 0.25) is 0 Å². The molecule has 0 radical (unpaired) electrons. The monoisotopic (exact) mass is 331 g/mol. The molecule has 9 heteroatoms. The molecule has 1 amide bonds. The summed E-state index contributed by atoms with van der Waals surface area (Å²) >= 11 is 0. The zero-order chi connectivity index (χ0) is 16.2. The lowest BCUT2D eigenvalue weighted by Gasteiger charge is -2.24. The van der Waals surface area contributed by atoms with Gasteiger partial charge in [0, 0.05) is 26.2 Å². The molecule has 2 rings (SSSR count). The Kier molecular flexibility index (Phi) is 5.57.